The van der Waals surface area contributed by atoms with Gasteiger partial charge in [0.1, 0.15) is 17.8 Å². The van der Waals surface area contributed by atoms with E-state index in [9.17, 15) is 14.4 Å². The van der Waals surface area contributed by atoms with Crippen LogP contribution in [0.2, 0.25) is 0 Å². The number of aldehydes is 1. The molecule has 0 aliphatic carbocycles. The maximum absolute atomic E-state index is 12.8. The van der Waals surface area contributed by atoms with Crippen LogP contribution < -0.4 is 9.47 Å². The Kier molecular flexibility index (Phi) is 37.1. The predicted octanol–water partition coefficient (Wildman–Crippen LogP) is 14.8. The number of rotatable bonds is 42. The van der Waals surface area contributed by atoms with Crippen LogP contribution in [0.3, 0.4) is 0 Å². The molecule has 1 rings (SSSR count). The van der Waals surface area contributed by atoms with Crippen LogP contribution in [0.15, 0.2) is 42.5 Å². The summed E-state index contributed by atoms with van der Waals surface area (Å²) in [5.74, 6) is 1.20. The second-order valence-corrected chi connectivity index (χ2v) is 16.2. The lowest BCUT2D eigenvalue weighted by Crippen LogP contribution is -2.14. The molecule has 0 aliphatic rings. The fraction of sp³-hybridized carbons (Fsp3) is 0.745. The van der Waals surface area contributed by atoms with Crippen molar-refractivity contribution < 1.29 is 33.3 Å². The predicted molar refractivity (Wildman–Crippen MR) is 242 cm³/mol. The Morgan fingerprint density at radius 2 is 0.948 bits per heavy atom. The SMILES string of the molecule is CCCCC/C=C\C/C=C\CCCCCCCC(=O)OCCCOc1cc(C=O)cc(OCCCOC(=O)CC(CCCCCCCC)CCCCCCCCC)c1. The molecule has 0 spiro atoms. The topological polar surface area (TPSA) is 88.1 Å². The van der Waals surface area contributed by atoms with Gasteiger partial charge in [-0.15, -0.1) is 0 Å². The number of allylic oxidation sites excluding steroid dienone is 4. The summed E-state index contributed by atoms with van der Waals surface area (Å²) >= 11 is 0. The summed E-state index contributed by atoms with van der Waals surface area (Å²) in [4.78, 5) is 36.5. The van der Waals surface area contributed by atoms with Gasteiger partial charge in [-0.05, 0) is 69.4 Å². The zero-order chi connectivity index (χ0) is 42.0. The number of unbranched alkanes of at least 4 members (excludes halogenated alkanes) is 19. The lowest BCUT2D eigenvalue weighted by Gasteiger charge is -2.16. The van der Waals surface area contributed by atoms with Crippen molar-refractivity contribution >= 4 is 18.2 Å². The zero-order valence-corrected chi connectivity index (χ0v) is 37.6. The summed E-state index contributed by atoms with van der Waals surface area (Å²) in [6.45, 7) is 8.06. The summed E-state index contributed by atoms with van der Waals surface area (Å²) < 4.78 is 22.8. The number of ether oxygens (including phenoxy) is 4. The molecule has 7 nitrogen and oxygen atoms in total. The van der Waals surface area contributed by atoms with Crippen LogP contribution in [0.1, 0.15) is 224 Å². The van der Waals surface area contributed by atoms with E-state index in [4.69, 9.17) is 18.9 Å². The lowest BCUT2D eigenvalue weighted by molar-refractivity contribution is -0.145. The van der Waals surface area contributed by atoms with Gasteiger partial charge in [0.05, 0.1) is 26.4 Å². The van der Waals surface area contributed by atoms with Gasteiger partial charge in [-0.25, -0.2) is 0 Å². The van der Waals surface area contributed by atoms with Crippen LogP contribution in [-0.2, 0) is 19.1 Å². The number of hydrogen-bond donors (Lipinski definition) is 0. The van der Waals surface area contributed by atoms with E-state index in [0.717, 1.165) is 51.2 Å². The number of benzene rings is 1. The largest absolute Gasteiger partial charge is 0.493 e. The van der Waals surface area contributed by atoms with E-state index in [0.29, 0.717) is 75.1 Å². The highest BCUT2D eigenvalue weighted by Crippen LogP contribution is 2.24. The summed E-state index contributed by atoms with van der Waals surface area (Å²) in [5.41, 5.74) is 0.458. The van der Waals surface area contributed by atoms with E-state index in [1.54, 1.807) is 18.2 Å². The normalized spacial score (nSPS) is 12.0. The molecule has 0 fully saturated rings. The Bertz CT molecular complexity index is 1180. The molecule has 7 heteroatoms. The van der Waals surface area contributed by atoms with E-state index in [-0.39, 0.29) is 11.9 Å². The second kappa shape index (κ2) is 40.7. The molecule has 0 heterocycles. The van der Waals surface area contributed by atoms with E-state index >= 15 is 0 Å². The average Bonchev–Trinajstić information content (AvgIpc) is 3.22. The first-order valence-electron chi connectivity index (χ1n) is 24.0. The first-order chi connectivity index (χ1) is 28.5. The van der Waals surface area contributed by atoms with Gasteiger partial charge in [0, 0.05) is 37.3 Å². The summed E-state index contributed by atoms with van der Waals surface area (Å²) in [5, 5.41) is 0. The molecular weight excluding hydrogens is 725 g/mol. The highest BCUT2D eigenvalue weighted by atomic mass is 16.5. The van der Waals surface area contributed by atoms with Gasteiger partial charge in [-0.3, -0.25) is 14.4 Å². The van der Waals surface area contributed by atoms with Crippen LogP contribution in [-0.4, -0.2) is 44.7 Å². The molecule has 0 bridgehead atoms. The third-order valence-electron chi connectivity index (χ3n) is 10.6. The Morgan fingerprint density at radius 3 is 1.48 bits per heavy atom. The fourth-order valence-corrected chi connectivity index (χ4v) is 7.10. The number of esters is 2. The maximum Gasteiger partial charge on any atom is 0.306 e. The van der Waals surface area contributed by atoms with Crippen molar-refractivity contribution in [1.29, 1.82) is 0 Å². The molecule has 1 aromatic carbocycles. The van der Waals surface area contributed by atoms with Crippen molar-refractivity contribution in [3.63, 3.8) is 0 Å². The molecule has 0 amide bonds. The van der Waals surface area contributed by atoms with E-state index < -0.39 is 0 Å². The van der Waals surface area contributed by atoms with E-state index in [2.05, 4.69) is 45.1 Å². The monoisotopic (exact) mass is 811 g/mol. The number of carbonyl (C=O) groups is 3. The average molecular weight is 811 g/mol. The van der Waals surface area contributed by atoms with Gasteiger partial charge in [0.15, 0.2) is 0 Å². The summed E-state index contributed by atoms with van der Waals surface area (Å²) in [6, 6.07) is 5.11. The Balaban J connectivity index is 2.24. The van der Waals surface area contributed by atoms with Gasteiger partial charge in [-0.2, -0.15) is 0 Å². The molecule has 0 N–H and O–H groups in total. The molecule has 0 radical (unpaired) electrons. The van der Waals surface area contributed by atoms with Crippen LogP contribution in [0.4, 0.5) is 0 Å². The van der Waals surface area contributed by atoms with Gasteiger partial charge in [0.2, 0.25) is 0 Å². The standard InChI is InChI=1S/C51H86O7/c1-4-7-10-13-16-17-18-19-20-21-22-23-25-28-31-36-50(53)57-39-32-37-55-48-41-47(45-52)42-49(44-48)56-38-33-40-58-51(54)43-46(34-29-26-15-12-9-6-3)35-30-27-24-14-11-8-5-2/h16-17,19-20,41-42,44-46H,4-15,18,21-40,43H2,1-3H3/b17-16-,20-19-. The Labute approximate surface area is 355 Å². The molecule has 332 valence electrons. The molecule has 1 unspecified atom stereocenters. The second-order valence-electron chi connectivity index (χ2n) is 16.2. The van der Waals surface area contributed by atoms with Crippen LogP contribution in [0.25, 0.3) is 0 Å². The fourth-order valence-electron chi connectivity index (χ4n) is 7.10. The third-order valence-corrected chi connectivity index (χ3v) is 10.6. The molecule has 58 heavy (non-hydrogen) atoms. The quantitative estimate of drug-likeness (QED) is 0.0281. The lowest BCUT2D eigenvalue weighted by atomic mass is 9.91. The highest BCUT2D eigenvalue weighted by molar-refractivity contribution is 5.76. The summed E-state index contributed by atoms with van der Waals surface area (Å²) in [6.07, 6.45) is 43.5. The van der Waals surface area contributed by atoms with Gasteiger partial charge in [0.25, 0.3) is 0 Å². The molecule has 0 aromatic heterocycles. The van der Waals surface area contributed by atoms with E-state index in [1.807, 2.05) is 0 Å². The smallest absolute Gasteiger partial charge is 0.306 e. The van der Waals surface area contributed by atoms with Gasteiger partial charge in [-0.1, -0.05) is 161 Å². The minimum Gasteiger partial charge on any atom is -0.493 e. The highest BCUT2D eigenvalue weighted by Gasteiger charge is 2.15. The van der Waals surface area contributed by atoms with Gasteiger partial charge >= 0.3 is 11.9 Å². The van der Waals surface area contributed by atoms with Crippen LogP contribution >= 0.6 is 0 Å². The minimum atomic E-state index is -0.161. The van der Waals surface area contributed by atoms with Crippen molar-refractivity contribution in [3.05, 3.63) is 48.1 Å². The Hall–Kier alpha value is -3.09. The number of hydrogen-bond acceptors (Lipinski definition) is 7. The Morgan fingerprint density at radius 1 is 0.500 bits per heavy atom. The van der Waals surface area contributed by atoms with Crippen molar-refractivity contribution in [3.8, 4) is 11.5 Å². The third kappa shape index (κ3) is 33.8. The van der Waals surface area contributed by atoms with Crippen molar-refractivity contribution in [2.75, 3.05) is 26.4 Å². The molecule has 1 aromatic rings. The van der Waals surface area contributed by atoms with Gasteiger partial charge < -0.3 is 18.9 Å². The van der Waals surface area contributed by atoms with Crippen molar-refractivity contribution in [1.82, 2.24) is 0 Å². The summed E-state index contributed by atoms with van der Waals surface area (Å²) in [7, 11) is 0. The first-order valence-corrected chi connectivity index (χ1v) is 24.0. The molecule has 0 aliphatic heterocycles. The van der Waals surface area contributed by atoms with Crippen molar-refractivity contribution in [2.24, 2.45) is 5.92 Å². The van der Waals surface area contributed by atoms with Crippen molar-refractivity contribution in [2.45, 2.75) is 213 Å². The molecule has 0 saturated heterocycles. The van der Waals surface area contributed by atoms with Crippen LogP contribution in [0, 0.1) is 5.92 Å². The minimum absolute atomic E-state index is 0.107. The number of carbonyl (C=O) groups excluding carboxylic acids is 3. The maximum atomic E-state index is 12.8. The zero-order valence-electron chi connectivity index (χ0n) is 37.6. The molecule has 1 atom stereocenters. The molecule has 0 saturated carbocycles. The molecular formula is C51H86O7. The first kappa shape index (κ1) is 52.9. The van der Waals surface area contributed by atoms with E-state index in [1.165, 1.54) is 122 Å². The van der Waals surface area contributed by atoms with Crippen LogP contribution in [0.5, 0.6) is 11.5 Å².